The summed E-state index contributed by atoms with van der Waals surface area (Å²) in [6, 6.07) is 18.0. The number of rotatable bonds is 6. The van der Waals surface area contributed by atoms with Crippen LogP contribution in [0.25, 0.3) is 10.9 Å². The van der Waals surface area contributed by atoms with Gasteiger partial charge in [-0.1, -0.05) is 48.5 Å². The Bertz CT molecular complexity index is 1190. The number of sulfonamides is 1. The summed E-state index contributed by atoms with van der Waals surface area (Å²) < 4.78 is 30.0. The highest BCUT2D eigenvalue weighted by Crippen LogP contribution is 2.30. The Labute approximate surface area is 164 Å². The molecule has 144 valence electrons. The van der Waals surface area contributed by atoms with Crippen LogP contribution in [0.4, 0.5) is 0 Å². The fourth-order valence-electron chi connectivity index (χ4n) is 3.40. The Morgan fingerprint density at radius 2 is 1.82 bits per heavy atom. The molecule has 2 N–H and O–H groups in total. The summed E-state index contributed by atoms with van der Waals surface area (Å²) in [6.45, 7) is 2.02. The van der Waals surface area contributed by atoms with Crippen LogP contribution in [0.15, 0.2) is 72.0 Å². The van der Waals surface area contributed by atoms with E-state index in [0.29, 0.717) is 5.82 Å². The third kappa shape index (κ3) is 3.46. The maximum atomic E-state index is 12.8. The SMILES string of the molecule is Cc1nc(S(=O)(=O)NC[C@@H](c2ccccc2)c2c[nH]c3ccccc23)cn1C. The van der Waals surface area contributed by atoms with Crippen molar-refractivity contribution in [1.29, 1.82) is 0 Å². The normalized spacial score (nSPS) is 13.1. The van der Waals surface area contributed by atoms with Crippen molar-refractivity contribution in [3.8, 4) is 0 Å². The monoisotopic (exact) mass is 394 g/mol. The largest absolute Gasteiger partial charge is 0.361 e. The maximum absolute atomic E-state index is 12.8. The topological polar surface area (TPSA) is 79.8 Å². The minimum Gasteiger partial charge on any atom is -0.361 e. The number of nitrogens with one attached hydrogen (secondary N) is 2. The van der Waals surface area contributed by atoms with Crippen LogP contribution in [-0.4, -0.2) is 29.5 Å². The summed E-state index contributed by atoms with van der Waals surface area (Å²) in [7, 11) is -1.92. The molecule has 0 amide bonds. The van der Waals surface area contributed by atoms with Gasteiger partial charge < -0.3 is 9.55 Å². The molecule has 0 aliphatic rings. The van der Waals surface area contributed by atoms with Crippen molar-refractivity contribution < 1.29 is 8.42 Å². The number of para-hydroxylation sites is 1. The predicted molar refractivity (Wildman–Crippen MR) is 110 cm³/mol. The van der Waals surface area contributed by atoms with E-state index in [1.54, 1.807) is 18.5 Å². The number of nitrogens with zero attached hydrogens (tertiary/aromatic N) is 2. The molecular formula is C21H22N4O2S. The van der Waals surface area contributed by atoms with Crippen LogP contribution >= 0.6 is 0 Å². The van der Waals surface area contributed by atoms with Crippen LogP contribution in [0.5, 0.6) is 0 Å². The molecule has 6 nitrogen and oxygen atoms in total. The quantitative estimate of drug-likeness (QED) is 0.526. The molecule has 0 saturated heterocycles. The molecule has 2 aromatic heterocycles. The zero-order chi connectivity index (χ0) is 19.7. The lowest BCUT2D eigenvalue weighted by molar-refractivity contribution is 0.574. The molecule has 4 rings (SSSR count). The molecule has 2 heterocycles. The van der Waals surface area contributed by atoms with Crippen LogP contribution in [0.3, 0.4) is 0 Å². The first-order valence-electron chi connectivity index (χ1n) is 9.06. The summed E-state index contributed by atoms with van der Waals surface area (Å²) in [6.07, 6.45) is 3.49. The molecule has 0 aliphatic heterocycles. The summed E-state index contributed by atoms with van der Waals surface area (Å²) in [5.74, 6) is 0.522. The number of H-pyrrole nitrogens is 1. The van der Waals surface area contributed by atoms with E-state index >= 15 is 0 Å². The van der Waals surface area contributed by atoms with Gasteiger partial charge >= 0.3 is 0 Å². The van der Waals surface area contributed by atoms with Gasteiger partial charge in [0.1, 0.15) is 5.82 Å². The Balaban J connectivity index is 1.69. The van der Waals surface area contributed by atoms with Crippen molar-refractivity contribution in [2.75, 3.05) is 6.54 Å². The second kappa shape index (κ2) is 7.26. The fourth-order valence-corrected chi connectivity index (χ4v) is 4.48. The Kier molecular flexibility index (Phi) is 4.78. The molecule has 28 heavy (non-hydrogen) atoms. The number of fused-ring (bicyclic) bond motifs is 1. The van der Waals surface area contributed by atoms with E-state index in [1.165, 1.54) is 6.20 Å². The summed E-state index contributed by atoms with van der Waals surface area (Å²) in [4.78, 5) is 7.44. The first-order valence-corrected chi connectivity index (χ1v) is 10.5. The van der Waals surface area contributed by atoms with Crippen LogP contribution in [0.1, 0.15) is 22.9 Å². The van der Waals surface area contributed by atoms with E-state index in [2.05, 4.69) is 14.7 Å². The highest BCUT2D eigenvalue weighted by atomic mass is 32.2. The lowest BCUT2D eigenvalue weighted by atomic mass is 9.91. The van der Waals surface area contributed by atoms with E-state index in [1.807, 2.05) is 60.8 Å². The van der Waals surface area contributed by atoms with Crippen molar-refractivity contribution >= 4 is 20.9 Å². The number of benzene rings is 2. The Morgan fingerprint density at radius 1 is 1.11 bits per heavy atom. The van der Waals surface area contributed by atoms with Crippen molar-refractivity contribution in [3.63, 3.8) is 0 Å². The van der Waals surface area contributed by atoms with Gasteiger partial charge in [-0.25, -0.2) is 18.1 Å². The van der Waals surface area contributed by atoms with Gasteiger partial charge in [-0.2, -0.15) is 0 Å². The maximum Gasteiger partial charge on any atom is 0.259 e. The minimum absolute atomic E-state index is 0.0400. The smallest absolute Gasteiger partial charge is 0.259 e. The highest BCUT2D eigenvalue weighted by Gasteiger charge is 2.23. The van der Waals surface area contributed by atoms with E-state index in [9.17, 15) is 8.42 Å². The highest BCUT2D eigenvalue weighted by molar-refractivity contribution is 7.89. The first kappa shape index (κ1) is 18.5. The van der Waals surface area contributed by atoms with Crippen molar-refractivity contribution in [1.82, 2.24) is 19.3 Å². The second-order valence-electron chi connectivity index (χ2n) is 6.84. The van der Waals surface area contributed by atoms with Gasteiger partial charge in [0, 0.05) is 42.8 Å². The van der Waals surface area contributed by atoms with E-state index in [4.69, 9.17) is 0 Å². The number of imidazole rings is 1. The predicted octanol–water partition coefficient (Wildman–Crippen LogP) is 3.32. The van der Waals surface area contributed by atoms with Gasteiger partial charge in [-0.15, -0.1) is 0 Å². The molecule has 2 aromatic carbocycles. The molecular weight excluding hydrogens is 372 g/mol. The fraction of sp³-hybridized carbons (Fsp3) is 0.190. The van der Waals surface area contributed by atoms with Gasteiger partial charge in [0.2, 0.25) is 0 Å². The van der Waals surface area contributed by atoms with E-state index < -0.39 is 10.0 Å². The summed E-state index contributed by atoms with van der Waals surface area (Å²) in [5, 5.41) is 1.13. The summed E-state index contributed by atoms with van der Waals surface area (Å²) >= 11 is 0. The van der Waals surface area contributed by atoms with Gasteiger partial charge in [0.15, 0.2) is 5.03 Å². The average molecular weight is 395 g/mol. The molecule has 0 radical (unpaired) electrons. The minimum atomic E-state index is -3.70. The zero-order valence-corrected chi connectivity index (χ0v) is 16.6. The molecule has 0 unspecified atom stereocenters. The third-order valence-electron chi connectivity index (χ3n) is 5.04. The summed E-state index contributed by atoms with van der Waals surface area (Å²) in [5.41, 5.74) is 3.13. The third-order valence-corrected chi connectivity index (χ3v) is 6.33. The second-order valence-corrected chi connectivity index (χ2v) is 8.56. The van der Waals surface area contributed by atoms with Gasteiger partial charge in [0.25, 0.3) is 10.0 Å². The number of aromatic amines is 1. The molecule has 0 aliphatic carbocycles. The molecule has 7 heteroatoms. The first-order chi connectivity index (χ1) is 13.5. The Morgan fingerprint density at radius 3 is 2.54 bits per heavy atom. The van der Waals surface area contributed by atoms with E-state index in [-0.39, 0.29) is 17.5 Å². The standard InChI is InChI=1S/C21H22N4O2S/c1-15-24-21(14-25(15)2)28(26,27)23-13-18(16-8-4-3-5-9-16)19-12-22-20-11-7-6-10-17(19)20/h3-12,14,18,22-23H,13H2,1-2H3/t18-/m0/s1. The van der Waals surface area contributed by atoms with Crippen LogP contribution < -0.4 is 4.72 Å². The van der Waals surface area contributed by atoms with Gasteiger partial charge in [0.05, 0.1) is 0 Å². The molecule has 0 saturated carbocycles. The van der Waals surface area contributed by atoms with Crippen LogP contribution in [0, 0.1) is 6.92 Å². The number of aromatic nitrogens is 3. The zero-order valence-electron chi connectivity index (χ0n) is 15.8. The van der Waals surface area contributed by atoms with Crippen molar-refractivity contribution in [2.24, 2.45) is 7.05 Å². The molecule has 0 spiro atoms. The Hall–Kier alpha value is -2.90. The lowest BCUT2D eigenvalue weighted by Gasteiger charge is -2.18. The van der Waals surface area contributed by atoms with Gasteiger partial charge in [-0.3, -0.25) is 0 Å². The molecule has 1 atom stereocenters. The van der Waals surface area contributed by atoms with Crippen molar-refractivity contribution in [2.45, 2.75) is 17.9 Å². The molecule has 0 fully saturated rings. The number of aryl methyl sites for hydroxylation is 2. The van der Waals surface area contributed by atoms with Crippen LogP contribution in [-0.2, 0) is 17.1 Å². The van der Waals surface area contributed by atoms with E-state index in [0.717, 1.165) is 22.0 Å². The lowest BCUT2D eigenvalue weighted by Crippen LogP contribution is -2.29. The van der Waals surface area contributed by atoms with Gasteiger partial charge in [-0.05, 0) is 24.1 Å². The molecule has 0 bridgehead atoms. The van der Waals surface area contributed by atoms with Crippen molar-refractivity contribution in [3.05, 3.63) is 83.9 Å². The molecule has 4 aromatic rings. The number of hydrogen-bond donors (Lipinski definition) is 2. The number of hydrogen-bond acceptors (Lipinski definition) is 3. The average Bonchev–Trinajstić information content (AvgIpc) is 3.27. The van der Waals surface area contributed by atoms with Crippen LogP contribution in [0.2, 0.25) is 0 Å².